The van der Waals surface area contributed by atoms with Gasteiger partial charge in [0.25, 0.3) is 0 Å². The largest absolute Gasteiger partial charge is 0.436 e. The van der Waals surface area contributed by atoms with Gasteiger partial charge in [0.05, 0.1) is 12.4 Å². The first kappa shape index (κ1) is 9.67. The second kappa shape index (κ2) is 4.10. The van der Waals surface area contributed by atoms with Crippen LogP contribution in [0.5, 0.6) is 11.6 Å². The van der Waals surface area contributed by atoms with Gasteiger partial charge >= 0.3 is 0 Å². The minimum absolute atomic E-state index is 0.486. The van der Waals surface area contributed by atoms with Gasteiger partial charge in [-0.05, 0) is 5.56 Å². The molecule has 0 aromatic carbocycles. The first-order valence-electron chi connectivity index (χ1n) is 4.59. The fraction of sp³-hybridized carbons (Fsp3) is 0.200. The molecule has 5 nitrogen and oxygen atoms in total. The van der Waals surface area contributed by atoms with Crippen molar-refractivity contribution in [3.8, 4) is 11.6 Å². The lowest BCUT2D eigenvalue weighted by Crippen LogP contribution is -1.97. The molecule has 0 fully saturated rings. The van der Waals surface area contributed by atoms with Gasteiger partial charge in [-0.15, -0.1) is 0 Å². The maximum atomic E-state index is 5.46. The van der Waals surface area contributed by atoms with Crippen LogP contribution in [-0.2, 0) is 13.6 Å². The zero-order chi connectivity index (χ0) is 10.7. The molecule has 0 aliphatic carbocycles. The summed E-state index contributed by atoms with van der Waals surface area (Å²) in [6.45, 7) is 0.486. The van der Waals surface area contributed by atoms with Crippen molar-refractivity contribution in [1.82, 2.24) is 14.8 Å². The van der Waals surface area contributed by atoms with Crippen LogP contribution in [0.25, 0.3) is 0 Å². The minimum atomic E-state index is 0.486. The third-order valence-electron chi connectivity index (χ3n) is 1.94. The van der Waals surface area contributed by atoms with Crippen molar-refractivity contribution in [2.45, 2.75) is 6.54 Å². The van der Waals surface area contributed by atoms with Gasteiger partial charge in [0.1, 0.15) is 0 Å². The lowest BCUT2D eigenvalue weighted by molar-refractivity contribution is 0.462. The van der Waals surface area contributed by atoms with Crippen molar-refractivity contribution in [3.05, 3.63) is 36.3 Å². The van der Waals surface area contributed by atoms with Crippen LogP contribution in [-0.4, -0.2) is 14.8 Å². The van der Waals surface area contributed by atoms with Crippen LogP contribution in [0.1, 0.15) is 5.56 Å². The van der Waals surface area contributed by atoms with Crippen molar-refractivity contribution in [3.63, 3.8) is 0 Å². The summed E-state index contributed by atoms with van der Waals surface area (Å²) in [4.78, 5) is 4.11. The second-order valence-corrected chi connectivity index (χ2v) is 3.16. The Morgan fingerprint density at radius 3 is 2.80 bits per heavy atom. The Morgan fingerprint density at radius 2 is 2.27 bits per heavy atom. The number of hydrogen-bond donors (Lipinski definition) is 1. The first-order valence-corrected chi connectivity index (χ1v) is 4.59. The van der Waals surface area contributed by atoms with Gasteiger partial charge < -0.3 is 10.5 Å². The maximum absolute atomic E-state index is 5.46. The molecule has 78 valence electrons. The minimum Gasteiger partial charge on any atom is -0.436 e. The average Bonchev–Trinajstić information content (AvgIpc) is 2.65. The Bertz CT molecular complexity index is 435. The number of ether oxygens (including phenoxy) is 1. The summed E-state index contributed by atoms with van der Waals surface area (Å²) in [7, 11) is 1.83. The van der Waals surface area contributed by atoms with E-state index in [2.05, 4.69) is 10.1 Å². The van der Waals surface area contributed by atoms with Crippen molar-refractivity contribution in [1.29, 1.82) is 0 Å². The van der Waals surface area contributed by atoms with Crippen LogP contribution < -0.4 is 10.5 Å². The van der Waals surface area contributed by atoms with Gasteiger partial charge in [0.2, 0.25) is 5.88 Å². The highest BCUT2D eigenvalue weighted by atomic mass is 16.5. The monoisotopic (exact) mass is 204 g/mol. The fourth-order valence-corrected chi connectivity index (χ4v) is 1.16. The highest BCUT2D eigenvalue weighted by molar-refractivity contribution is 5.23. The van der Waals surface area contributed by atoms with Gasteiger partial charge in [-0.25, -0.2) is 4.98 Å². The molecule has 0 saturated heterocycles. The van der Waals surface area contributed by atoms with Crippen LogP contribution in [0.15, 0.2) is 30.7 Å². The smallest absolute Gasteiger partial charge is 0.219 e. The quantitative estimate of drug-likeness (QED) is 0.812. The Balaban J connectivity index is 2.11. The summed E-state index contributed by atoms with van der Waals surface area (Å²) >= 11 is 0. The lowest BCUT2D eigenvalue weighted by Gasteiger charge is -2.01. The molecule has 0 amide bonds. The van der Waals surface area contributed by atoms with Crippen molar-refractivity contribution < 1.29 is 4.74 Å². The number of aryl methyl sites for hydroxylation is 1. The zero-order valence-corrected chi connectivity index (χ0v) is 8.42. The van der Waals surface area contributed by atoms with E-state index in [1.807, 2.05) is 13.1 Å². The lowest BCUT2D eigenvalue weighted by atomic mass is 10.3. The van der Waals surface area contributed by atoms with Gasteiger partial charge in [0, 0.05) is 25.9 Å². The molecule has 15 heavy (non-hydrogen) atoms. The number of hydrogen-bond acceptors (Lipinski definition) is 4. The summed E-state index contributed by atoms with van der Waals surface area (Å²) in [5.41, 5.74) is 6.44. The van der Waals surface area contributed by atoms with E-state index in [9.17, 15) is 0 Å². The molecule has 0 spiro atoms. The summed E-state index contributed by atoms with van der Waals surface area (Å²) in [5.74, 6) is 1.21. The van der Waals surface area contributed by atoms with Crippen LogP contribution >= 0.6 is 0 Å². The predicted molar refractivity (Wildman–Crippen MR) is 55.4 cm³/mol. The SMILES string of the molecule is Cn1cc(Oc2ccc(CN)cn2)cn1. The first-order chi connectivity index (χ1) is 7.28. The number of nitrogens with two attached hydrogens (primary N) is 1. The molecular weight excluding hydrogens is 192 g/mol. The van der Waals surface area contributed by atoms with E-state index in [1.54, 1.807) is 29.3 Å². The maximum Gasteiger partial charge on any atom is 0.219 e. The number of rotatable bonds is 3. The predicted octanol–water partition coefficient (Wildman–Crippen LogP) is 1.07. The average molecular weight is 204 g/mol. The molecular formula is C10H12N4O. The van der Waals surface area contributed by atoms with Crippen LogP contribution in [0.2, 0.25) is 0 Å². The fourth-order valence-electron chi connectivity index (χ4n) is 1.16. The number of aromatic nitrogens is 3. The summed E-state index contributed by atoms with van der Waals surface area (Å²) in [5, 5.41) is 3.99. The number of nitrogens with zero attached hydrogens (tertiary/aromatic N) is 3. The Labute approximate surface area is 87.5 Å². The molecule has 0 unspecified atom stereocenters. The zero-order valence-electron chi connectivity index (χ0n) is 8.42. The van der Waals surface area contributed by atoms with Crippen LogP contribution in [0.4, 0.5) is 0 Å². The van der Waals surface area contributed by atoms with Crippen molar-refractivity contribution >= 4 is 0 Å². The highest BCUT2D eigenvalue weighted by Gasteiger charge is 2.00. The molecule has 0 radical (unpaired) electrons. The summed E-state index contributed by atoms with van der Waals surface area (Å²) in [6.07, 6.45) is 5.11. The van der Waals surface area contributed by atoms with E-state index in [4.69, 9.17) is 10.5 Å². The van der Waals surface area contributed by atoms with E-state index in [-0.39, 0.29) is 0 Å². The van der Waals surface area contributed by atoms with Crippen molar-refractivity contribution in [2.75, 3.05) is 0 Å². The highest BCUT2D eigenvalue weighted by Crippen LogP contribution is 2.17. The van der Waals surface area contributed by atoms with Crippen LogP contribution in [0, 0.1) is 0 Å². The molecule has 0 saturated carbocycles. The van der Waals surface area contributed by atoms with E-state index >= 15 is 0 Å². The molecule has 0 bridgehead atoms. The Hall–Kier alpha value is -1.88. The van der Waals surface area contributed by atoms with Gasteiger partial charge in [-0.2, -0.15) is 5.10 Å². The molecule has 2 heterocycles. The molecule has 5 heteroatoms. The molecule has 0 aliphatic heterocycles. The van der Waals surface area contributed by atoms with Gasteiger partial charge in [-0.1, -0.05) is 6.07 Å². The third kappa shape index (κ3) is 2.32. The molecule has 2 N–H and O–H groups in total. The second-order valence-electron chi connectivity index (χ2n) is 3.16. The van der Waals surface area contributed by atoms with Gasteiger partial charge in [-0.3, -0.25) is 4.68 Å². The molecule has 2 rings (SSSR count). The van der Waals surface area contributed by atoms with Crippen molar-refractivity contribution in [2.24, 2.45) is 12.8 Å². The summed E-state index contributed by atoms with van der Waals surface area (Å²) < 4.78 is 7.13. The molecule has 2 aromatic heterocycles. The summed E-state index contributed by atoms with van der Waals surface area (Å²) in [6, 6.07) is 3.67. The Morgan fingerprint density at radius 1 is 1.40 bits per heavy atom. The van der Waals surface area contributed by atoms with E-state index in [0.717, 1.165) is 5.56 Å². The normalized spacial score (nSPS) is 10.3. The molecule has 0 aliphatic rings. The number of pyridine rings is 1. The van der Waals surface area contributed by atoms with Crippen LogP contribution in [0.3, 0.4) is 0 Å². The van der Waals surface area contributed by atoms with Gasteiger partial charge in [0.15, 0.2) is 5.75 Å². The molecule has 2 aromatic rings. The van der Waals surface area contributed by atoms with E-state index < -0.39 is 0 Å². The molecule has 0 atom stereocenters. The standard InChI is InChI=1S/C10H12N4O/c1-14-7-9(6-13-14)15-10-3-2-8(4-11)5-12-10/h2-3,5-7H,4,11H2,1H3. The topological polar surface area (TPSA) is 66.0 Å². The Kier molecular flexibility index (Phi) is 2.64. The van der Waals surface area contributed by atoms with E-state index in [1.165, 1.54) is 0 Å². The van der Waals surface area contributed by atoms with E-state index in [0.29, 0.717) is 18.2 Å². The third-order valence-corrected chi connectivity index (χ3v) is 1.94.